The van der Waals surface area contributed by atoms with Crippen molar-refractivity contribution in [3.05, 3.63) is 34.1 Å². The number of rotatable bonds is 7. The summed E-state index contributed by atoms with van der Waals surface area (Å²) in [5.74, 6) is -1.46. The van der Waals surface area contributed by atoms with Crippen molar-refractivity contribution in [2.24, 2.45) is 10.9 Å². The van der Waals surface area contributed by atoms with E-state index in [0.717, 1.165) is 17.8 Å². The van der Waals surface area contributed by atoms with Gasteiger partial charge in [-0.25, -0.2) is 14.1 Å². The van der Waals surface area contributed by atoms with Crippen molar-refractivity contribution in [1.82, 2.24) is 4.90 Å². The van der Waals surface area contributed by atoms with Gasteiger partial charge in [0.05, 0.1) is 12.6 Å². The number of halogens is 2. The van der Waals surface area contributed by atoms with E-state index in [-0.39, 0.29) is 11.9 Å². The van der Waals surface area contributed by atoms with Gasteiger partial charge in [-0.15, -0.1) is 0 Å². The molecule has 37 heavy (non-hydrogen) atoms. The highest BCUT2D eigenvalue weighted by Crippen LogP contribution is 2.52. The molecule has 0 unspecified atom stereocenters. The number of carbonyl (C=O) groups is 2. The minimum atomic E-state index is -1.37. The molecule has 208 valence electrons. The molecule has 0 radical (unpaired) electrons. The Bertz CT molecular complexity index is 1040. The van der Waals surface area contributed by atoms with E-state index in [1.165, 1.54) is 18.1 Å². The number of aliphatic imine (C=N–C) groups is 1. The Kier molecular flexibility index (Phi) is 10.1. The predicted octanol–water partition coefficient (Wildman–Crippen LogP) is 7.02. The van der Waals surface area contributed by atoms with Gasteiger partial charge in [-0.2, -0.15) is 0 Å². The summed E-state index contributed by atoms with van der Waals surface area (Å²) in [4.78, 5) is 32.8. The van der Waals surface area contributed by atoms with E-state index in [4.69, 9.17) is 19.2 Å². The van der Waals surface area contributed by atoms with Crippen molar-refractivity contribution in [2.75, 3.05) is 20.4 Å². The summed E-state index contributed by atoms with van der Waals surface area (Å²) in [5, 5.41) is 0.204. The molecular formula is C26H40BrFN2O5SSi. The topological polar surface area (TPSA) is 77.4 Å². The van der Waals surface area contributed by atoms with Gasteiger partial charge in [-0.1, -0.05) is 54.3 Å². The second kappa shape index (κ2) is 11.8. The first-order valence-corrected chi connectivity index (χ1v) is 17.6. The van der Waals surface area contributed by atoms with Gasteiger partial charge in [0.1, 0.15) is 22.9 Å². The van der Waals surface area contributed by atoms with Crippen LogP contribution in [0.2, 0.25) is 25.7 Å². The molecule has 0 spiro atoms. The molecule has 0 aliphatic carbocycles. The van der Waals surface area contributed by atoms with E-state index in [1.807, 2.05) is 6.92 Å². The lowest BCUT2D eigenvalue weighted by atomic mass is 9.74. The molecule has 0 fully saturated rings. The maximum atomic E-state index is 15.2. The zero-order valence-corrected chi connectivity index (χ0v) is 26.9. The molecule has 1 heterocycles. The summed E-state index contributed by atoms with van der Waals surface area (Å²) in [6, 6.07) is 5.53. The summed E-state index contributed by atoms with van der Waals surface area (Å²) < 4.78 is 31.5. The van der Waals surface area contributed by atoms with E-state index in [9.17, 15) is 9.59 Å². The highest BCUT2D eigenvalue weighted by molar-refractivity contribution is 9.10. The zero-order chi connectivity index (χ0) is 28.4. The van der Waals surface area contributed by atoms with Gasteiger partial charge in [-0.3, -0.25) is 9.79 Å². The average molecular weight is 620 g/mol. The summed E-state index contributed by atoms with van der Waals surface area (Å²) in [5.41, 5.74) is -1.69. The number of amidine groups is 1. The second-order valence-electron chi connectivity index (χ2n) is 11.8. The number of hydrogen-bond donors (Lipinski definition) is 0. The monoisotopic (exact) mass is 618 g/mol. The van der Waals surface area contributed by atoms with Gasteiger partial charge in [0.2, 0.25) is 0 Å². The maximum Gasteiger partial charge on any atom is 0.418 e. The van der Waals surface area contributed by atoms with E-state index >= 15 is 4.39 Å². The standard InChI is InChI=1S/C26H40BrFN2O5SSi/c1-17-25(5,19-15-18(27)11-12-20(19)28)29-22(36-26(17,6)21(31)33-7)30(23(32)35-24(2,3)4)16-34-13-14-37(8,9)10/h11-12,15,17H,13-14,16H2,1-10H3/t17-,25-,26-/m0/s1. The third-order valence-electron chi connectivity index (χ3n) is 6.43. The number of amides is 1. The van der Waals surface area contributed by atoms with E-state index in [2.05, 4.69) is 35.6 Å². The highest BCUT2D eigenvalue weighted by Gasteiger charge is 2.56. The van der Waals surface area contributed by atoms with Crippen LogP contribution in [0.15, 0.2) is 27.7 Å². The fourth-order valence-corrected chi connectivity index (χ4v) is 6.43. The maximum absolute atomic E-state index is 15.2. The molecule has 3 atom stereocenters. The Balaban J connectivity index is 2.65. The quantitative estimate of drug-likeness (QED) is 0.141. The van der Waals surface area contributed by atoms with E-state index < -0.39 is 47.8 Å². The molecule has 0 N–H and O–H groups in total. The highest BCUT2D eigenvalue weighted by atomic mass is 79.9. The van der Waals surface area contributed by atoms with Crippen LogP contribution in [0.5, 0.6) is 0 Å². The number of nitrogens with zero attached hydrogens (tertiary/aromatic N) is 2. The van der Waals surface area contributed by atoms with Gasteiger partial charge in [0.15, 0.2) is 5.17 Å². The van der Waals surface area contributed by atoms with Crippen LogP contribution in [0.25, 0.3) is 0 Å². The Labute approximate surface area is 234 Å². The van der Waals surface area contributed by atoms with E-state index in [1.54, 1.807) is 46.8 Å². The number of esters is 1. The lowest BCUT2D eigenvalue weighted by Crippen LogP contribution is -2.55. The molecule has 11 heteroatoms. The fraction of sp³-hybridized carbons (Fsp3) is 0.654. The summed E-state index contributed by atoms with van der Waals surface area (Å²) in [6.45, 7) is 17.7. The molecule has 1 amide bonds. The van der Waals surface area contributed by atoms with Crippen LogP contribution in [0, 0.1) is 11.7 Å². The lowest BCUT2D eigenvalue weighted by Gasteiger charge is -2.47. The molecule has 0 aromatic heterocycles. The average Bonchev–Trinajstić information content (AvgIpc) is 2.76. The molecule has 0 saturated heterocycles. The molecule has 0 saturated carbocycles. The van der Waals surface area contributed by atoms with Crippen LogP contribution < -0.4 is 0 Å². The number of carbonyl (C=O) groups excluding carboxylic acids is 2. The van der Waals surface area contributed by atoms with Crippen LogP contribution >= 0.6 is 27.7 Å². The molecule has 0 bridgehead atoms. The molecule has 1 aliphatic heterocycles. The molecule has 1 aliphatic rings. The Hall–Kier alpha value is -1.43. The minimum Gasteiger partial charge on any atom is -0.468 e. The number of benzene rings is 1. The zero-order valence-electron chi connectivity index (χ0n) is 23.5. The van der Waals surface area contributed by atoms with Crippen molar-refractivity contribution in [3.8, 4) is 0 Å². The summed E-state index contributed by atoms with van der Waals surface area (Å²) >= 11 is 4.53. The van der Waals surface area contributed by atoms with Crippen LogP contribution in [0.4, 0.5) is 9.18 Å². The van der Waals surface area contributed by atoms with Crippen LogP contribution in [0.3, 0.4) is 0 Å². The van der Waals surface area contributed by atoms with Gasteiger partial charge < -0.3 is 14.2 Å². The molecule has 1 aromatic rings. The number of thioether (sulfide) groups is 1. The van der Waals surface area contributed by atoms with Gasteiger partial charge in [0.25, 0.3) is 0 Å². The molecular weight excluding hydrogens is 579 g/mol. The number of hydrogen-bond acceptors (Lipinski definition) is 7. The van der Waals surface area contributed by atoms with Crippen LogP contribution in [-0.4, -0.2) is 61.0 Å². The van der Waals surface area contributed by atoms with Gasteiger partial charge in [0, 0.05) is 30.6 Å². The van der Waals surface area contributed by atoms with Crippen LogP contribution in [0.1, 0.15) is 47.1 Å². The smallest absolute Gasteiger partial charge is 0.418 e. The Morgan fingerprint density at radius 2 is 1.86 bits per heavy atom. The first kappa shape index (κ1) is 31.8. The largest absolute Gasteiger partial charge is 0.468 e. The SMILES string of the molecule is COC(=O)[C@@]1(C)SC(N(COCC[Si](C)(C)C)C(=O)OC(C)(C)C)=N[C@](C)(c2cc(Br)ccc2F)[C@@H]1C. The van der Waals surface area contributed by atoms with Gasteiger partial charge >= 0.3 is 12.1 Å². The van der Waals surface area contributed by atoms with Crippen molar-refractivity contribution < 1.29 is 28.2 Å². The second-order valence-corrected chi connectivity index (χ2v) is 19.8. The van der Waals surface area contributed by atoms with Gasteiger partial charge in [-0.05, 0) is 58.9 Å². The summed E-state index contributed by atoms with van der Waals surface area (Å²) in [6.07, 6.45) is -0.661. The fourth-order valence-electron chi connectivity index (χ4n) is 3.89. The molecule has 1 aromatic carbocycles. The number of methoxy groups -OCH3 is 1. The molecule has 7 nitrogen and oxygen atoms in total. The van der Waals surface area contributed by atoms with Crippen molar-refractivity contribution in [3.63, 3.8) is 0 Å². The predicted molar refractivity (Wildman–Crippen MR) is 153 cm³/mol. The minimum absolute atomic E-state index is 0.117. The van der Waals surface area contributed by atoms with Crippen molar-refractivity contribution in [1.29, 1.82) is 0 Å². The normalized spacial score (nSPS) is 24.3. The Morgan fingerprint density at radius 3 is 2.41 bits per heavy atom. The van der Waals surface area contributed by atoms with Crippen molar-refractivity contribution >= 4 is 53.0 Å². The lowest BCUT2D eigenvalue weighted by molar-refractivity contribution is -0.145. The first-order chi connectivity index (χ1) is 16.8. The summed E-state index contributed by atoms with van der Waals surface area (Å²) in [7, 11) is -0.0535. The van der Waals surface area contributed by atoms with E-state index in [0.29, 0.717) is 16.6 Å². The molecule has 2 rings (SSSR count). The Morgan fingerprint density at radius 1 is 1.24 bits per heavy atom. The number of ether oxygens (including phenoxy) is 3. The third kappa shape index (κ3) is 7.80. The first-order valence-electron chi connectivity index (χ1n) is 12.2. The van der Waals surface area contributed by atoms with Crippen LogP contribution in [-0.2, 0) is 24.5 Å². The van der Waals surface area contributed by atoms with Crippen molar-refractivity contribution in [2.45, 2.75) is 83.1 Å². The third-order valence-corrected chi connectivity index (χ3v) is 10.1.